The van der Waals surface area contributed by atoms with E-state index in [2.05, 4.69) is 34.6 Å². The lowest BCUT2D eigenvalue weighted by atomic mass is 9.73. The lowest BCUT2D eigenvalue weighted by Gasteiger charge is -2.32. The lowest BCUT2D eigenvalue weighted by molar-refractivity contribution is -0.0490. The van der Waals surface area contributed by atoms with E-state index in [0.717, 1.165) is 6.42 Å². The summed E-state index contributed by atoms with van der Waals surface area (Å²) >= 11 is 0. The van der Waals surface area contributed by atoms with Crippen LogP contribution in [0.2, 0.25) is 0 Å². The van der Waals surface area contributed by atoms with Gasteiger partial charge in [-0.15, -0.1) is 0 Å². The molecule has 1 rings (SSSR count). The molecule has 0 amide bonds. The fourth-order valence-electron chi connectivity index (χ4n) is 2.69. The Bertz CT molecular complexity index is 299. The first kappa shape index (κ1) is 16.9. The van der Waals surface area contributed by atoms with Crippen molar-refractivity contribution in [2.24, 2.45) is 17.3 Å². The molecule has 0 aromatic rings. The number of hydrogen-bond acceptors (Lipinski definition) is 4. The second-order valence-electron chi connectivity index (χ2n) is 7.35. The average molecular weight is 274 g/mol. The van der Waals surface area contributed by atoms with Crippen molar-refractivity contribution < 1.29 is 20.1 Å². The summed E-state index contributed by atoms with van der Waals surface area (Å²) in [4.78, 5) is 0. The van der Waals surface area contributed by atoms with Gasteiger partial charge in [-0.2, -0.15) is 0 Å². The van der Waals surface area contributed by atoms with Gasteiger partial charge in [0.05, 0.1) is 12.7 Å². The molecule has 0 aliphatic carbocycles. The van der Waals surface area contributed by atoms with Crippen molar-refractivity contribution in [1.29, 1.82) is 0 Å². The molecule has 0 aromatic carbocycles. The van der Waals surface area contributed by atoms with Gasteiger partial charge in [0.25, 0.3) is 0 Å². The van der Waals surface area contributed by atoms with E-state index in [0.29, 0.717) is 11.8 Å². The molecule has 3 N–H and O–H groups in total. The van der Waals surface area contributed by atoms with Crippen LogP contribution in [0.1, 0.15) is 48.0 Å². The van der Waals surface area contributed by atoms with Crippen molar-refractivity contribution in [2.75, 3.05) is 6.61 Å². The number of aliphatic hydroxyl groups excluding tert-OH is 3. The first-order chi connectivity index (χ1) is 8.54. The van der Waals surface area contributed by atoms with Gasteiger partial charge in [-0.1, -0.05) is 34.6 Å². The van der Waals surface area contributed by atoms with Gasteiger partial charge >= 0.3 is 0 Å². The molecular weight excluding hydrogens is 244 g/mol. The molecule has 1 heterocycles. The molecule has 6 unspecified atom stereocenters. The Kier molecular flexibility index (Phi) is 5.05. The Labute approximate surface area is 116 Å². The lowest BCUT2D eigenvalue weighted by Crippen LogP contribution is -2.42. The third-order valence-electron chi connectivity index (χ3n) is 4.92. The van der Waals surface area contributed by atoms with Crippen LogP contribution in [-0.2, 0) is 4.74 Å². The second kappa shape index (κ2) is 5.68. The molecule has 1 saturated heterocycles. The molecule has 0 aromatic heterocycles. The maximum absolute atomic E-state index is 9.96. The number of epoxide rings is 1. The Morgan fingerprint density at radius 3 is 2.16 bits per heavy atom. The highest BCUT2D eigenvalue weighted by molar-refractivity contribution is 5.07. The molecule has 19 heavy (non-hydrogen) atoms. The Hall–Kier alpha value is -0.160. The second-order valence-corrected chi connectivity index (χ2v) is 7.35. The van der Waals surface area contributed by atoms with Gasteiger partial charge in [-0.3, -0.25) is 0 Å². The summed E-state index contributed by atoms with van der Waals surface area (Å²) in [5.41, 5.74) is -0.470. The molecule has 1 fully saturated rings. The minimum absolute atomic E-state index is 0.0384. The number of ether oxygens (including phenoxy) is 1. The predicted octanol–water partition coefficient (Wildman–Crippen LogP) is 1.57. The normalized spacial score (nSPS) is 33.6. The summed E-state index contributed by atoms with van der Waals surface area (Å²) in [6.45, 7) is 12.5. The molecule has 0 spiro atoms. The molecule has 4 heteroatoms. The molecule has 114 valence electrons. The van der Waals surface area contributed by atoms with Crippen LogP contribution in [0.3, 0.4) is 0 Å². The monoisotopic (exact) mass is 274 g/mol. The van der Waals surface area contributed by atoms with Crippen LogP contribution in [0.25, 0.3) is 0 Å². The van der Waals surface area contributed by atoms with Gasteiger partial charge in [0.2, 0.25) is 0 Å². The van der Waals surface area contributed by atoms with Crippen molar-refractivity contribution in [3.05, 3.63) is 0 Å². The van der Waals surface area contributed by atoms with Crippen LogP contribution < -0.4 is 0 Å². The van der Waals surface area contributed by atoms with Gasteiger partial charge in [0.1, 0.15) is 17.8 Å². The fraction of sp³-hybridized carbons (Fsp3) is 1.00. The van der Waals surface area contributed by atoms with Crippen LogP contribution in [0.15, 0.2) is 0 Å². The van der Waals surface area contributed by atoms with E-state index in [1.54, 1.807) is 6.92 Å². The predicted molar refractivity (Wildman–Crippen MR) is 74.8 cm³/mol. The molecule has 6 atom stereocenters. The van der Waals surface area contributed by atoms with Gasteiger partial charge in [-0.05, 0) is 30.6 Å². The van der Waals surface area contributed by atoms with E-state index in [4.69, 9.17) is 9.84 Å². The molecule has 4 nitrogen and oxygen atoms in total. The van der Waals surface area contributed by atoms with Crippen LogP contribution in [0.5, 0.6) is 0 Å². The zero-order chi connectivity index (χ0) is 15.0. The van der Waals surface area contributed by atoms with E-state index in [9.17, 15) is 10.2 Å². The molecule has 1 aliphatic heterocycles. The summed E-state index contributed by atoms with van der Waals surface area (Å²) in [5, 5.41) is 28.4. The highest BCUT2D eigenvalue weighted by Gasteiger charge is 2.59. The Balaban J connectivity index is 2.54. The van der Waals surface area contributed by atoms with Crippen LogP contribution in [-0.4, -0.2) is 45.8 Å². The highest BCUT2D eigenvalue weighted by atomic mass is 16.6. The van der Waals surface area contributed by atoms with E-state index >= 15 is 0 Å². The van der Waals surface area contributed by atoms with Crippen molar-refractivity contribution in [1.82, 2.24) is 0 Å². The smallest absolute Gasteiger partial charge is 0.120 e. The summed E-state index contributed by atoms with van der Waals surface area (Å²) in [7, 11) is 0. The zero-order valence-corrected chi connectivity index (χ0v) is 13.1. The Morgan fingerprint density at radius 2 is 1.74 bits per heavy atom. The van der Waals surface area contributed by atoms with E-state index in [-0.39, 0.29) is 11.5 Å². The standard InChI is InChI=1S/C15H30O4/c1-9(10(2)14(3,4)5)7-12-15(6,19-12)13(18)11(17)8-16/h9-13,16-18H,7-8H2,1-6H3. The molecule has 1 aliphatic rings. The fourth-order valence-corrected chi connectivity index (χ4v) is 2.69. The summed E-state index contributed by atoms with van der Waals surface area (Å²) in [5.74, 6) is 1.02. The minimum atomic E-state index is -1.13. The van der Waals surface area contributed by atoms with Crippen LogP contribution >= 0.6 is 0 Å². The third kappa shape index (κ3) is 3.69. The van der Waals surface area contributed by atoms with Crippen molar-refractivity contribution in [3.8, 4) is 0 Å². The van der Waals surface area contributed by atoms with Crippen molar-refractivity contribution in [3.63, 3.8) is 0 Å². The number of hydrogen-bond donors (Lipinski definition) is 3. The molecule has 0 radical (unpaired) electrons. The van der Waals surface area contributed by atoms with E-state index in [1.165, 1.54) is 0 Å². The summed E-state index contributed by atoms with van der Waals surface area (Å²) in [6, 6.07) is 0. The number of rotatable bonds is 6. The SMILES string of the molecule is CC(CC1OC1(C)C(O)C(O)CO)C(C)C(C)(C)C. The quantitative estimate of drug-likeness (QED) is 0.643. The zero-order valence-electron chi connectivity index (χ0n) is 13.1. The highest BCUT2D eigenvalue weighted by Crippen LogP contribution is 2.46. The maximum atomic E-state index is 9.96. The van der Waals surface area contributed by atoms with Gasteiger partial charge in [-0.25, -0.2) is 0 Å². The topological polar surface area (TPSA) is 73.2 Å². The largest absolute Gasteiger partial charge is 0.394 e. The van der Waals surface area contributed by atoms with Crippen LogP contribution in [0.4, 0.5) is 0 Å². The van der Waals surface area contributed by atoms with Gasteiger partial charge < -0.3 is 20.1 Å². The van der Waals surface area contributed by atoms with E-state index in [1.807, 2.05) is 0 Å². The minimum Gasteiger partial charge on any atom is -0.394 e. The van der Waals surface area contributed by atoms with Gasteiger partial charge in [0.15, 0.2) is 0 Å². The first-order valence-corrected chi connectivity index (χ1v) is 7.18. The summed E-state index contributed by atoms with van der Waals surface area (Å²) < 4.78 is 5.60. The molecular formula is C15H30O4. The van der Waals surface area contributed by atoms with Crippen molar-refractivity contribution >= 4 is 0 Å². The van der Waals surface area contributed by atoms with Crippen LogP contribution in [0, 0.1) is 17.3 Å². The van der Waals surface area contributed by atoms with Crippen molar-refractivity contribution in [2.45, 2.75) is 71.9 Å². The molecule has 0 bridgehead atoms. The maximum Gasteiger partial charge on any atom is 0.120 e. The number of aliphatic hydroxyl groups is 3. The first-order valence-electron chi connectivity index (χ1n) is 7.18. The molecule has 0 saturated carbocycles. The van der Waals surface area contributed by atoms with Gasteiger partial charge in [0, 0.05) is 0 Å². The summed E-state index contributed by atoms with van der Waals surface area (Å²) in [6.07, 6.45) is -1.34. The Morgan fingerprint density at radius 1 is 1.21 bits per heavy atom. The average Bonchev–Trinajstić information content (AvgIpc) is 2.96. The third-order valence-corrected chi connectivity index (χ3v) is 4.92. The van der Waals surface area contributed by atoms with E-state index < -0.39 is 24.4 Å².